The highest BCUT2D eigenvalue weighted by Crippen LogP contribution is 2.21. The molecule has 0 radical (unpaired) electrons. The monoisotopic (exact) mass is 397 g/mol. The number of methoxy groups -OCH3 is 1. The van der Waals surface area contributed by atoms with Gasteiger partial charge in [-0.05, 0) is 36.8 Å². The maximum Gasteiger partial charge on any atom is 0.263 e. The average Bonchev–Trinajstić information content (AvgIpc) is 2.74. The zero-order valence-electron chi connectivity index (χ0n) is 16.6. The van der Waals surface area contributed by atoms with Crippen LogP contribution in [0.5, 0.6) is 11.5 Å². The van der Waals surface area contributed by atoms with Gasteiger partial charge in [-0.1, -0.05) is 18.2 Å². The molecule has 0 aliphatic carbocycles. The van der Waals surface area contributed by atoms with E-state index in [9.17, 15) is 9.18 Å². The Morgan fingerprint density at radius 2 is 1.90 bits per heavy atom. The third kappa shape index (κ3) is 5.04. The van der Waals surface area contributed by atoms with Gasteiger partial charge in [-0.25, -0.2) is 4.39 Å². The first-order valence-electron chi connectivity index (χ1n) is 9.51. The SMILES string of the molecule is COc1ccc(CN2CCN(C(=O)C(C)Oc3ccccc3C#N)CC2)cc1F. The highest BCUT2D eigenvalue weighted by Gasteiger charge is 2.26. The van der Waals surface area contributed by atoms with Crippen LogP contribution in [0.15, 0.2) is 42.5 Å². The highest BCUT2D eigenvalue weighted by molar-refractivity contribution is 5.81. The summed E-state index contributed by atoms with van der Waals surface area (Å²) in [6, 6.07) is 13.9. The van der Waals surface area contributed by atoms with Crippen molar-refractivity contribution in [1.29, 1.82) is 5.26 Å². The molecule has 1 fully saturated rings. The summed E-state index contributed by atoms with van der Waals surface area (Å²) in [7, 11) is 1.44. The van der Waals surface area contributed by atoms with E-state index in [0.717, 1.165) is 5.56 Å². The number of para-hydroxylation sites is 1. The molecule has 29 heavy (non-hydrogen) atoms. The van der Waals surface area contributed by atoms with Gasteiger partial charge in [0, 0.05) is 32.7 Å². The molecule has 2 aromatic rings. The van der Waals surface area contributed by atoms with Crippen LogP contribution in [-0.2, 0) is 11.3 Å². The van der Waals surface area contributed by atoms with Crippen molar-refractivity contribution in [3.8, 4) is 17.6 Å². The fourth-order valence-corrected chi connectivity index (χ4v) is 3.35. The van der Waals surface area contributed by atoms with E-state index in [-0.39, 0.29) is 17.5 Å². The minimum Gasteiger partial charge on any atom is -0.494 e. The summed E-state index contributed by atoms with van der Waals surface area (Å²) in [5, 5.41) is 9.15. The lowest BCUT2D eigenvalue weighted by Gasteiger charge is -2.36. The number of carbonyl (C=O) groups is 1. The number of hydrogen-bond donors (Lipinski definition) is 0. The van der Waals surface area contributed by atoms with Gasteiger partial charge >= 0.3 is 0 Å². The van der Waals surface area contributed by atoms with Crippen molar-refractivity contribution in [2.75, 3.05) is 33.3 Å². The van der Waals surface area contributed by atoms with E-state index in [2.05, 4.69) is 11.0 Å². The largest absolute Gasteiger partial charge is 0.494 e. The van der Waals surface area contributed by atoms with Gasteiger partial charge in [0.15, 0.2) is 17.7 Å². The number of nitriles is 1. The molecule has 1 heterocycles. The Morgan fingerprint density at radius 3 is 2.55 bits per heavy atom. The second-order valence-corrected chi connectivity index (χ2v) is 6.94. The van der Waals surface area contributed by atoms with E-state index in [1.165, 1.54) is 13.2 Å². The molecule has 0 aromatic heterocycles. The number of piperazine rings is 1. The summed E-state index contributed by atoms with van der Waals surface area (Å²) < 4.78 is 24.5. The third-order valence-electron chi connectivity index (χ3n) is 4.97. The fourth-order valence-electron chi connectivity index (χ4n) is 3.35. The van der Waals surface area contributed by atoms with Crippen molar-refractivity contribution in [1.82, 2.24) is 9.80 Å². The van der Waals surface area contributed by atoms with Crippen LogP contribution in [0.4, 0.5) is 4.39 Å². The van der Waals surface area contributed by atoms with Crippen LogP contribution in [0.3, 0.4) is 0 Å². The Hall–Kier alpha value is -3.11. The predicted molar refractivity (Wildman–Crippen MR) is 106 cm³/mol. The van der Waals surface area contributed by atoms with Crippen molar-refractivity contribution in [3.05, 3.63) is 59.4 Å². The molecule has 1 aliphatic heterocycles. The predicted octanol–water partition coefficient (Wildman–Crippen LogP) is 2.82. The minimum atomic E-state index is -0.674. The molecule has 3 rings (SSSR count). The Morgan fingerprint density at radius 1 is 1.17 bits per heavy atom. The van der Waals surface area contributed by atoms with E-state index in [0.29, 0.717) is 44.0 Å². The molecule has 1 aliphatic rings. The molecule has 152 valence electrons. The lowest BCUT2D eigenvalue weighted by Crippen LogP contribution is -2.51. The number of rotatable bonds is 6. The summed E-state index contributed by atoms with van der Waals surface area (Å²) >= 11 is 0. The van der Waals surface area contributed by atoms with Gasteiger partial charge in [-0.2, -0.15) is 5.26 Å². The summed E-state index contributed by atoms with van der Waals surface area (Å²) in [5.74, 6) is 0.169. The first kappa shape index (κ1) is 20.6. The summed E-state index contributed by atoms with van der Waals surface area (Å²) in [6.07, 6.45) is -0.674. The molecular formula is C22H24FN3O3. The number of carbonyl (C=O) groups excluding carboxylic acids is 1. The lowest BCUT2D eigenvalue weighted by atomic mass is 10.1. The van der Waals surface area contributed by atoms with E-state index in [1.54, 1.807) is 42.2 Å². The number of amides is 1. The zero-order chi connectivity index (χ0) is 20.8. The Kier molecular flexibility index (Phi) is 6.68. The molecular weight excluding hydrogens is 373 g/mol. The fraction of sp³-hybridized carbons (Fsp3) is 0.364. The van der Waals surface area contributed by atoms with Crippen LogP contribution in [0.1, 0.15) is 18.1 Å². The van der Waals surface area contributed by atoms with Crippen molar-refractivity contribution in [3.63, 3.8) is 0 Å². The van der Waals surface area contributed by atoms with Gasteiger partial charge in [-0.3, -0.25) is 9.69 Å². The van der Waals surface area contributed by atoms with Crippen LogP contribution in [0.25, 0.3) is 0 Å². The molecule has 7 heteroatoms. The zero-order valence-corrected chi connectivity index (χ0v) is 16.6. The number of benzene rings is 2. The standard InChI is InChI=1S/C22H24FN3O3/c1-16(29-20-6-4-3-5-18(20)14-24)22(27)26-11-9-25(10-12-26)15-17-7-8-21(28-2)19(23)13-17/h3-8,13,16H,9-12,15H2,1-2H3. The number of hydrogen-bond acceptors (Lipinski definition) is 5. The van der Waals surface area contributed by atoms with E-state index < -0.39 is 6.10 Å². The minimum absolute atomic E-state index is 0.104. The Bertz CT molecular complexity index is 904. The van der Waals surface area contributed by atoms with Crippen LogP contribution < -0.4 is 9.47 Å². The molecule has 0 bridgehead atoms. The summed E-state index contributed by atoms with van der Waals surface area (Å²) in [5.41, 5.74) is 1.27. The number of halogens is 1. The second kappa shape index (κ2) is 9.39. The topological polar surface area (TPSA) is 65.8 Å². The highest BCUT2D eigenvalue weighted by atomic mass is 19.1. The average molecular weight is 397 g/mol. The molecule has 1 unspecified atom stereocenters. The van der Waals surface area contributed by atoms with E-state index in [1.807, 2.05) is 6.07 Å². The van der Waals surface area contributed by atoms with Crippen LogP contribution >= 0.6 is 0 Å². The molecule has 6 nitrogen and oxygen atoms in total. The third-order valence-corrected chi connectivity index (χ3v) is 4.97. The molecule has 1 saturated heterocycles. The summed E-state index contributed by atoms with van der Waals surface area (Å²) in [6.45, 7) is 4.85. The molecule has 0 spiro atoms. The van der Waals surface area contributed by atoms with Gasteiger partial charge in [0.25, 0.3) is 5.91 Å². The van der Waals surface area contributed by atoms with Gasteiger partial charge in [0.05, 0.1) is 12.7 Å². The smallest absolute Gasteiger partial charge is 0.263 e. The van der Waals surface area contributed by atoms with Crippen LogP contribution in [0.2, 0.25) is 0 Å². The van der Waals surface area contributed by atoms with Gasteiger partial charge in [-0.15, -0.1) is 0 Å². The van der Waals surface area contributed by atoms with Crippen molar-refractivity contribution in [2.24, 2.45) is 0 Å². The number of nitrogens with zero attached hydrogens (tertiary/aromatic N) is 3. The van der Waals surface area contributed by atoms with Crippen molar-refractivity contribution in [2.45, 2.75) is 19.6 Å². The van der Waals surface area contributed by atoms with Gasteiger partial charge in [0.1, 0.15) is 11.8 Å². The summed E-state index contributed by atoms with van der Waals surface area (Å²) in [4.78, 5) is 16.7. The normalized spacial score (nSPS) is 15.4. The quantitative estimate of drug-likeness (QED) is 0.750. The van der Waals surface area contributed by atoms with Crippen LogP contribution in [-0.4, -0.2) is 55.1 Å². The first-order valence-corrected chi connectivity index (χ1v) is 9.51. The second-order valence-electron chi connectivity index (χ2n) is 6.94. The Balaban J connectivity index is 1.52. The molecule has 0 saturated carbocycles. The molecule has 0 N–H and O–H groups in total. The maximum absolute atomic E-state index is 13.9. The van der Waals surface area contributed by atoms with Gasteiger partial charge < -0.3 is 14.4 Å². The van der Waals surface area contributed by atoms with Crippen molar-refractivity contribution >= 4 is 5.91 Å². The van der Waals surface area contributed by atoms with Gasteiger partial charge in [0.2, 0.25) is 0 Å². The van der Waals surface area contributed by atoms with E-state index in [4.69, 9.17) is 14.7 Å². The Labute approximate surface area is 170 Å². The first-order chi connectivity index (χ1) is 14.0. The molecule has 2 aromatic carbocycles. The maximum atomic E-state index is 13.9. The molecule has 1 amide bonds. The number of ether oxygens (including phenoxy) is 2. The van der Waals surface area contributed by atoms with Crippen molar-refractivity contribution < 1.29 is 18.7 Å². The lowest BCUT2D eigenvalue weighted by molar-refractivity contribution is -0.139. The molecule has 1 atom stereocenters. The van der Waals surface area contributed by atoms with E-state index >= 15 is 0 Å². The van der Waals surface area contributed by atoms with Crippen LogP contribution in [0, 0.1) is 17.1 Å².